The SMILES string of the molecule is O=C/C(Cl)=N\Nc1cc(F)ccc1OC/C=C\c1ccccc1. The lowest BCUT2D eigenvalue weighted by molar-refractivity contribution is -0.102. The minimum absolute atomic E-state index is 0.274. The number of rotatable bonds is 7. The van der Waals surface area contributed by atoms with Crippen molar-refractivity contribution in [2.45, 2.75) is 0 Å². The Morgan fingerprint density at radius 2 is 2.04 bits per heavy atom. The molecule has 0 heterocycles. The molecule has 1 N–H and O–H groups in total. The van der Waals surface area contributed by atoms with E-state index in [1.165, 1.54) is 18.2 Å². The highest BCUT2D eigenvalue weighted by Crippen LogP contribution is 2.25. The topological polar surface area (TPSA) is 50.7 Å². The monoisotopic (exact) mass is 332 g/mol. The Kier molecular flexibility index (Phi) is 6.32. The van der Waals surface area contributed by atoms with E-state index in [0.29, 0.717) is 18.6 Å². The number of nitrogens with zero attached hydrogens (tertiary/aromatic N) is 1. The molecule has 0 radical (unpaired) electrons. The normalized spacial score (nSPS) is 11.5. The third-order valence-corrected chi connectivity index (χ3v) is 2.94. The summed E-state index contributed by atoms with van der Waals surface area (Å²) in [6, 6.07) is 13.7. The number of hydrazone groups is 1. The summed E-state index contributed by atoms with van der Waals surface area (Å²) in [6.07, 6.45) is 4.12. The smallest absolute Gasteiger partial charge is 0.189 e. The van der Waals surface area contributed by atoms with Crippen LogP contribution in [-0.2, 0) is 4.79 Å². The number of ether oxygens (including phenoxy) is 1. The van der Waals surface area contributed by atoms with Crippen molar-refractivity contribution in [3.05, 3.63) is 66.0 Å². The van der Waals surface area contributed by atoms with Crippen LogP contribution in [0.2, 0.25) is 0 Å². The molecule has 0 atom stereocenters. The zero-order chi connectivity index (χ0) is 16.5. The number of halogens is 2. The first-order chi connectivity index (χ1) is 11.2. The summed E-state index contributed by atoms with van der Waals surface area (Å²) in [5, 5.41) is 3.32. The molecule has 23 heavy (non-hydrogen) atoms. The lowest BCUT2D eigenvalue weighted by Crippen LogP contribution is -2.01. The molecule has 0 fully saturated rings. The Morgan fingerprint density at radius 1 is 1.26 bits per heavy atom. The molecular weight excluding hydrogens is 319 g/mol. The molecule has 0 spiro atoms. The van der Waals surface area contributed by atoms with Crippen LogP contribution in [0.25, 0.3) is 6.08 Å². The fraction of sp³-hybridized carbons (Fsp3) is 0.0588. The van der Waals surface area contributed by atoms with E-state index in [1.807, 2.05) is 42.5 Å². The number of hydrogen-bond donors (Lipinski definition) is 1. The third-order valence-electron chi connectivity index (χ3n) is 2.77. The number of aldehydes is 1. The summed E-state index contributed by atoms with van der Waals surface area (Å²) in [4.78, 5) is 10.4. The van der Waals surface area contributed by atoms with Crippen LogP contribution in [0.4, 0.5) is 10.1 Å². The molecule has 118 valence electrons. The summed E-state index contributed by atoms with van der Waals surface area (Å²) in [6.45, 7) is 0.292. The predicted octanol–water partition coefficient (Wildman–Crippen LogP) is 4.08. The molecule has 0 aromatic heterocycles. The Bertz CT molecular complexity index is 718. The first-order valence-electron chi connectivity index (χ1n) is 6.77. The van der Waals surface area contributed by atoms with Crippen molar-refractivity contribution in [1.82, 2.24) is 0 Å². The van der Waals surface area contributed by atoms with Gasteiger partial charge in [0.25, 0.3) is 0 Å². The van der Waals surface area contributed by atoms with Gasteiger partial charge in [-0.2, -0.15) is 5.10 Å². The number of benzene rings is 2. The van der Waals surface area contributed by atoms with Gasteiger partial charge in [0.2, 0.25) is 0 Å². The molecule has 0 aliphatic rings. The van der Waals surface area contributed by atoms with Crippen LogP contribution < -0.4 is 10.2 Å². The maximum absolute atomic E-state index is 13.3. The molecule has 2 rings (SSSR count). The number of hydrogen-bond acceptors (Lipinski definition) is 4. The molecule has 0 amide bonds. The van der Waals surface area contributed by atoms with Crippen LogP contribution in [0, 0.1) is 5.82 Å². The van der Waals surface area contributed by atoms with Crippen LogP contribution >= 0.6 is 11.6 Å². The minimum atomic E-state index is -0.461. The van der Waals surface area contributed by atoms with Gasteiger partial charge in [0, 0.05) is 6.07 Å². The molecule has 0 unspecified atom stereocenters. The van der Waals surface area contributed by atoms with E-state index in [2.05, 4.69) is 10.5 Å². The maximum Gasteiger partial charge on any atom is 0.189 e. The number of carbonyl (C=O) groups excluding carboxylic acids is 1. The van der Waals surface area contributed by atoms with E-state index in [9.17, 15) is 9.18 Å². The summed E-state index contributed by atoms with van der Waals surface area (Å²) < 4.78 is 18.9. The fourth-order valence-corrected chi connectivity index (χ4v) is 1.78. The fourth-order valence-electron chi connectivity index (χ4n) is 1.74. The Hall–Kier alpha value is -2.66. The van der Waals surface area contributed by atoms with Gasteiger partial charge in [-0.3, -0.25) is 10.2 Å². The van der Waals surface area contributed by atoms with E-state index >= 15 is 0 Å². The highest BCUT2D eigenvalue weighted by molar-refractivity contribution is 6.79. The first-order valence-corrected chi connectivity index (χ1v) is 7.15. The second kappa shape index (κ2) is 8.70. The summed E-state index contributed by atoms with van der Waals surface area (Å²) in [7, 11) is 0. The summed E-state index contributed by atoms with van der Waals surface area (Å²) in [5.41, 5.74) is 3.83. The second-order valence-corrected chi connectivity index (χ2v) is 4.82. The van der Waals surface area contributed by atoms with Crippen molar-refractivity contribution in [3.63, 3.8) is 0 Å². The number of anilines is 1. The second-order valence-electron chi connectivity index (χ2n) is 4.43. The van der Waals surface area contributed by atoms with E-state index in [1.54, 1.807) is 0 Å². The number of carbonyl (C=O) groups is 1. The van der Waals surface area contributed by atoms with Gasteiger partial charge in [0.05, 0.1) is 0 Å². The molecule has 2 aromatic rings. The van der Waals surface area contributed by atoms with E-state index in [-0.39, 0.29) is 10.9 Å². The van der Waals surface area contributed by atoms with Crippen molar-refractivity contribution in [3.8, 4) is 5.75 Å². The zero-order valence-electron chi connectivity index (χ0n) is 12.1. The average molecular weight is 333 g/mol. The third kappa shape index (κ3) is 5.56. The van der Waals surface area contributed by atoms with Crippen LogP contribution in [0.3, 0.4) is 0 Å². The minimum Gasteiger partial charge on any atom is -0.487 e. The molecule has 0 aliphatic heterocycles. The highest BCUT2D eigenvalue weighted by atomic mass is 35.5. The van der Waals surface area contributed by atoms with Crippen LogP contribution in [0.15, 0.2) is 59.7 Å². The molecule has 2 aromatic carbocycles. The summed E-state index contributed by atoms with van der Waals surface area (Å²) >= 11 is 5.48. The molecule has 0 bridgehead atoms. The predicted molar refractivity (Wildman–Crippen MR) is 90.3 cm³/mol. The molecule has 0 saturated heterocycles. The Balaban J connectivity index is 2.01. The lowest BCUT2D eigenvalue weighted by atomic mass is 10.2. The van der Waals surface area contributed by atoms with Gasteiger partial charge < -0.3 is 4.74 Å². The van der Waals surface area contributed by atoms with Gasteiger partial charge in [-0.05, 0) is 23.8 Å². The van der Waals surface area contributed by atoms with Crippen molar-refractivity contribution in [2.75, 3.05) is 12.0 Å². The van der Waals surface area contributed by atoms with Crippen molar-refractivity contribution >= 4 is 34.8 Å². The molecule has 4 nitrogen and oxygen atoms in total. The average Bonchev–Trinajstić information content (AvgIpc) is 2.58. The lowest BCUT2D eigenvalue weighted by Gasteiger charge is -2.09. The van der Waals surface area contributed by atoms with Gasteiger partial charge >= 0.3 is 0 Å². The van der Waals surface area contributed by atoms with E-state index in [0.717, 1.165) is 5.56 Å². The summed E-state index contributed by atoms with van der Waals surface area (Å²) in [5.74, 6) is -0.0691. The highest BCUT2D eigenvalue weighted by Gasteiger charge is 2.05. The number of nitrogens with one attached hydrogen (secondary N) is 1. The quantitative estimate of drug-likeness (QED) is 0.472. The van der Waals surface area contributed by atoms with Crippen LogP contribution in [0.1, 0.15) is 5.56 Å². The van der Waals surface area contributed by atoms with Gasteiger partial charge in [-0.25, -0.2) is 4.39 Å². The molecule has 0 aliphatic carbocycles. The van der Waals surface area contributed by atoms with Gasteiger partial charge in [-0.1, -0.05) is 48.0 Å². The Labute approximate surface area is 138 Å². The van der Waals surface area contributed by atoms with Crippen molar-refractivity contribution in [1.29, 1.82) is 0 Å². The van der Waals surface area contributed by atoms with E-state index < -0.39 is 5.82 Å². The van der Waals surface area contributed by atoms with Crippen LogP contribution in [0.5, 0.6) is 5.75 Å². The van der Waals surface area contributed by atoms with Crippen molar-refractivity contribution < 1.29 is 13.9 Å². The largest absolute Gasteiger partial charge is 0.487 e. The maximum atomic E-state index is 13.3. The standard InChI is InChI=1S/C17H14ClFN2O2/c18-17(12-22)21-20-15-11-14(19)8-9-16(15)23-10-4-7-13-5-2-1-3-6-13/h1-9,11-12,20H,10H2/b7-4-,21-17+. The van der Waals surface area contributed by atoms with E-state index in [4.69, 9.17) is 16.3 Å². The van der Waals surface area contributed by atoms with Gasteiger partial charge in [-0.15, -0.1) is 0 Å². The van der Waals surface area contributed by atoms with Crippen molar-refractivity contribution in [2.24, 2.45) is 5.10 Å². The van der Waals surface area contributed by atoms with Gasteiger partial charge in [0.15, 0.2) is 11.5 Å². The molecule has 6 heteroatoms. The molecular formula is C17H14ClFN2O2. The van der Waals surface area contributed by atoms with Gasteiger partial charge in [0.1, 0.15) is 23.9 Å². The Morgan fingerprint density at radius 3 is 2.78 bits per heavy atom. The first kappa shape index (κ1) is 16.7. The molecule has 0 saturated carbocycles. The van der Waals surface area contributed by atoms with Crippen LogP contribution in [-0.4, -0.2) is 18.1 Å². The zero-order valence-corrected chi connectivity index (χ0v) is 12.8.